The predicted octanol–water partition coefficient (Wildman–Crippen LogP) is 2.95. The van der Waals surface area contributed by atoms with Gasteiger partial charge in [0.05, 0.1) is 5.41 Å². The predicted molar refractivity (Wildman–Crippen MR) is 77.8 cm³/mol. The van der Waals surface area contributed by atoms with Crippen LogP contribution in [0.5, 0.6) is 0 Å². The van der Waals surface area contributed by atoms with E-state index in [1.807, 2.05) is 30.3 Å². The van der Waals surface area contributed by atoms with Crippen molar-refractivity contribution in [2.45, 2.75) is 45.3 Å². The zero-order chi connectivity index (χ0) is 15.3. The van der Waals surface area contributed by atoms with Crippen molar-refractivity contribution in [2.24, 2.45) is 5.41 Å². The summed E-state index contributed by atoms with van der Waals surface area (Å²) < 4.78 is 5.16. The molecule has 0 unspecified atom stereocenters. The van der Waals surface area contributed by atoms with Gasteiger partial charge in [-0.15, -0.1) is 0 Å². The number of amides is 1. The van der Waals surface area contributed by atoms with Crippen molar-refractivity contribution in [3.8, 4) is 0 Å². The van der Waals surface area contributed by atoms with Gasteiger partial charge < -0.3 is 15.2 Å². The molecule has 1 aliphatic rings. The average Bonchev–Trinajstić information content (AvgIpc) is 2.46. The van der Waals surface area contributed by atoms with E-state index in [2.05, 4.69) is 5.32 Å². The number of nitrogens with one attached hydrogen (secondary N) is 1. The van der Waals surface area contributed by atoms with Crippen LogP contribution in [-0.4, -0.2) is 23.2 Å². The highest BCUT2D eigenvalue weighted by atomic mass is 16.5. The number of benzene rings is 1. The van der Waals surface area contributed by atoms with E-state index >= 15 is 0 Å². The number of carboxylic acids is 1. The summed E-state index contributed by atoms with van der Waals surface area (Å²) in [5.41, 5.74) is 0.169. The van der Waals surface area contributed by atoms with Crippen molar-refractivity contribution >= 4 is 12.1 Å². The van der Waals surface area contributed by atoms with E-state index in [4.69, 9.17) is 4.74 Å². The first-order valence-corrected chi connectivity index (χ1v) is 7.20. The molecule has 0 aliphatic heterocycles. The van der Waals surface area contributed by atoms with Crippen LogP contribution < -0.4 is 5.32 Å². The van der Waals surface area contributed by atoms with Crippen LogP contribution in [0.3, 0.4) is 0 Å². The summed E-state index contributed by atoms with van der Waals surface area (Å²) in [7, 11) is 0. The van der Waals surface area contributed by atoms with Crippen LogP contribution in [0.2, 0.25) is 0 Å². The Balaban J connectivity index is 1.81. The van der Waals surface area contributed by atoms with Gasteiger partial charge in [-0.05, 0) is 31.7 Å². The maximum absolute atomic E-state index is 11.8. The molecule has 0 saturated heterocycles. The Hall–Kier alpha value is -2.04. The molecule has 0 radical (unpaired) electrons. The number of ether oxygens (including phenoxy) is 1. The fourth-order valence-corrected chi connectivity index (χ4v) is 2.74. The number of carbonyl (C=O) groups is 2. The van der Waals surface area contributed by atoms with E-state index in [1.165, 1.54) is 0 Å². The molecule has 1 aliphatic carbocycles. The van der Waals surface area contributed by atoms with Crippen molar-refractivity contribution in [3.63, 3.8) is 0 Å². The number of hydrogen-bond donors (Lipinski definition) is 2. The second kappa shape index (κ2) is 6.61. The van der Waals surface area contributed by atoms with E-state index in [-0.39, 0.29) is 12.6 Å². The third kappa shape index (κ3) is 4.21. The molecule has 2 atom stereocenters. The van der Waals surface area contributed by atoms with Gasteiger partial charge in [0.15, 0.2) is 0 Å². The van der Waals surface area contributed by atoms with E-state index in [0.29, 0.717) is 12.8 Å². The standard InChI is InChI=1S/C16H21NO4/c1-16(14(18)19)9-5-8-13(10-16)17-15(20)21-11-12-6-3-2-4-7-12/h2-4,6-7,13H,5,8-11H2,1H3,(H,17,20)(H,18,19)/t13-,16+/m1/s1. The molecule has 1 aromatic carbocycles. The maximum Gasteiger partial charge on any atom is 0.407 e. The third-order valence-corrected chi connectivity index (χ3v) is 4.03. The summed E-state index contributed by atoms with van der Waals surface area (Å²) >= 11 is 0. The molecule has 2 N–H and O–H groups in total. The summed E-state index contributed by atoms with van der Waals surface area (Å²) in [4.78, 5) is 23.1. The third-order valence-electron chi connectivity index (χ3n) is 4.03. The topological polar surface area (TPSA) is 75.6 Å². The molecule has 0 aromatic heterocycles. The van der Waals surface area contributed by atoms with E-state index in [0.717, 1.165) is 18.4 Å². The largest absolute Gasteiger partial charge is 0.481 e. The lowest BCUT2D eigenvalue weighted by Gasteiger charge is -2.34. The first-order chi connectivity index (χ1) is 9.99. The molecule has 21 heavy (non-hydrogen) atoms. The summed E-state index contributed by atoms with van der Waals surface area (Å²) in [5, 5.41) is 12.0. The first kappa shape index (κ1) is 15.4. The van der Waals surface area contributed by atoms with Crippen molar-refractivity contribution in [3.05, 3.63) is 35.9 Å². The number of rotatable bonds is 4. The number of aliphatic carboxylic acids is 1. The zero-order valence-electron chi connectivity index (χ0n) is 12.2. The molecular formula is C16H21NO4. The van der Waals surface area contributed by atoms with Crippen molar-refractivity contribution in [1.82, 2.24) is 5.32 Å². The molecule has 1 saturated carbocycles. The minimum Gasteiger partial charge on any atom is -0.481 e. The van der Waals surface area contributed by atoms with E-state index in [1.54, 1.807) is 6.92 Å². The maximum atomic E-state index is 11.8. The van der Waals surface area contributed by atoms with Crippen molar-refractivity contribution < 1.29 is 19.4 Å². The number of alkyl carbamates (subject to hydrolysis) is 1. The Morgan fingerprint density at radius 3 is 2.76 bits per heavy atom. The highest BCUT2D eigenvalue weighted by Crippen LogP contribution is 2.36. The average molecular weight is 291 g/mol. The van der Waals surface area contributed by atoms with E-state index in [9.17, 15) is 14.7 Å². The van der Waals surface area contributed by atoms with Crippen LogP contribution in [0, 0.1) is 5.41 Å². The molecular weight excluding hydrogens is 270 g/mol. The Kier molecular flexibility index (Phi) is 4.83. The SMILES string of the molecule is C[C@]1(C(=O)O)CCC[C@@H](NC(=O)OCc2ccccc2)C1. The molecule has 1 aromatic rings. The number of hydrogen-bond acceptors (Lipinski definition) is 3. The number of carboxylic acid groups (broad SMARTS) is 1. The molecule has 0 spiro atoms. The van der Waals surface area contributed by atoms with Crippen LogP contribution in [0.4, 0.5) is 4.79 Å². The highest BCUT2D eigenvalue weighted by Gasteiger charge is 2.39. The minimum atomic E-state index is -0.799. The lowest BCUT2D eigenvalue weighted by Crippen LogP contribution is -2.44. The minimum absolute atomic E-state index is 0.136. The fraction of sp³-hybridized carbons (Fsp3) is 0.500. The fourth-order valence-electron chi connectivity index (χ4n) is 2.74. The Bertz CT molecular complexity index is 502. The summed E-state index contributed by atoms with van der Waals surface area (Å²) in [5.74, 6) is -0.799. The van der Waals surface area contributed by atoms with Gasteiger partial charge >= 0.3 is 12.1 Å². The van der Waals surface area contributed by atoms with Gasteiger partial charge in [-0.2, -0.15) is 0 Å². The molecule has 0 bridgehead atoms. The first-order valence-electron chi connectivity index (χ1n) is 7.20. The summed E-state index contributed by atoms with van der Waals surface area (Å²) in [6.45, 7) is 1.95. The second-order valence-corrected chi connectivity index (χ2v) is 5.87. The molecule has 1 fully saturated rings. The van der Waals surface area contributed by atoms with Crippen LogP contribution >= 0.6 is 0 Å². The van der Waals surface area contributed by atoms with Gasteiger partial charge in [-0.25, -0.2) is 4.79 Å². The normalized spacial score (nSPS) is 25.1. The van der Waals surface area contributed by atoms with Crippen molar-refractivity contribution in [1.29, 1.82) is 0 Å². The molecule has 114 valence electrons. The van der Waals surface area contributed by atoms with Crippen LogP contribution in [0.15, 0.2) is 30.3 Å². The van der Waals surface area contributed by atoms with Gasteiger partial charge in [0.2, 0.25) is 0 Å². The monoisotopic (exact) mass is 291 g/mol. The Labute approximate surface area is 124 Å². The lowest BCUT2D eigenvalue weighted by atomic mass is 9.73. The summed E-state index contributed by atoms with van der Waals surface area (Å²) in [6, 6.07) is 9.30. The van der Waals surface area contributed by atoms with E-state index < -0.39 is 17.5 Å². The molecule has 5 nitrogen and oxygen atoms in total. The Morgan fingerprint density at radius 1 is 1.38 bits per heavy atom. The van der Waals surface area contributed by atoms with Crippen LogP contribution in [0.25, 0.3) is 0 Å². The molecule has 1 amide bonds. The summed E-state index contributed by atoms with van der Waals surface area (Å²) in [6.07, 6.45) is 2.21. The highest BCUT2D eigenvalue weighted by molar-refractivity contribution is 5.74. The van der Waals surface area contributed by atoms with Gasteiger partial charge in [-0.1, -0.05) is 36.8 Å². The van der Waals surface area contributed by atoms with Gasteiger partial charge in [0.1, 0.15) is 6.61 Å². The van der Waals surface area contributed by atoms with Crippen LogP contribution in [-0.2, 0) is 16.1 Å². The number of carbonyl (C=O) groups excluding carboxylic acids is 1. The van der Waals surface area contributed by atoms with Crippen molar-refractivity contribution in [2.75, 3.05) is 0 Å². The Morgan fingerprint density at radius 2 is 2.10 bits per heavy atom. The van der Waals surface area contributed by atoms with Gasteiger partial charge in [-0.3, -0.25) is 4.79 Å². The van der Waals surface area contributed by atoms with Crippen LogP contribution in [0.1, 0.15) is 38.2 Å². The lowest BCUT2D eigenvalue weighted by molar-refractivity contribution is -0.150. The van der Waals surface area contributed by atoms with Gasteiger partial charge in [0.25, 0.3) is 0 Å². The molecule has 0 heterocycles. The molecule has 5 heteroatoms. The second-order valence-electron chi connectivity index (χ2n) is 5.87. The molecule has 2 rings (SSSR count). The zero-order valence-corrected chi connectivity index (χ0v) is 12.2. The smallest absolute Gasteiger partial charge is 0.407 e. The van der Waals surface area contributed by atoms with Gasteiger partial charge in [0, 0.05) is 6.04 Å². The quantitative estimate of drug-likeness (QED) is 0.894.